The Morgan fingerprint density at radius 2 is 1.64 bits per heavy atom. The van der Waals surface area contributed by atoms with Crippen LogP contribution in [0.4, 0.5) is 11.5 Å². The zero-order valence-corrected chi connectivity index (χ0v) is 15.5. The summed E-state index contributed by atoms with van der Waals surface area (Å²) in [5, 5.41) is 6.00. The largest absolute Gasteiger partial charge is 0.462 e. The van der Waals surface area contributed by atoms with E-state index in [4.69, 9.17) is 4.74 Å². The first-order valence-electron chi connectivity index (χ1n) is 8.98. The van der Waals surface area contributed by atoms with Crippen LogP contribution in [0.3, 0.4) is 0 Å². The molecule has 142 valence electrons. The Morgan fingerprint density at radius 1 is 0.929 bits per heavy atom. The van der Waals surface area contributed by atoms with Crippen LogP contribution in [0, 0.1) is 0 Å². The van der Waals surface area contributed by atoms with Crippen LogP contribution in [0.2, 0.25) is 0 Å². The van der Waals surface area contributed by atoms with Crippen molar-refractivity contribution < 1.29 is 14.3 Å². The van der Waals surface area contributed by atoms with Crippen molar-refractivity contribution >= 4 is 23.4 Å². The predicted octanol–water partition coefficient (Wildman–Crippen LogP) is 3.93. The molecule has 6 nitrogen and oxygen atoms in total. The lowest BCUT2D eigenvalue weighted by atomic mass is 10.2. The van der Waals surface area contributed by atoms with Crippen molar-refractivity contribution in [2.24, 2.45) is 0 Å². The molecule has 3 rings (SSSR count). The fourth-order valence-electron chi connectivity index (χ4n) is 2.53. The lowest BCUT2D eigenvalue weighted by molar-refractivity contribution is 0.0526. The maximum absolute atomic E-state index is 12.2. The number of amides is 1. The van der Waals surface area contributed by atoms with Crippen molar-refractivity contribution in [1.82, 2.24) is 10.3 Å². The van der Waals surface area contributed by atoms with Gasteiger partial charge in [-0.05, 0) is 48.9 Å². The van der Waals surface area contributed by atoms with E-state index in [-0.39, 0.29) is 11.9 Å². The minimum Gasteiger partial charge on any atom is -0.462 e. The van der Waals surface area contributed by atoms with Crippen LogP contribution >= 0.6 is 0 Å². The lowest BCUT2D eigenvalue weighted by Crippen LogP contribution is -2.22. The summed E-state index contributed by atoms with van der Waals surface area (Å²) >= 11 is 0. The quantitative estimate of drug-likeness (QED) is 0.612. The van der Waals surface area contributed by atoms with Gasteiger partial charge in [0.25, 0.3) is 5.91 Å². The molecule has 0 unspecified atom stereocenters. The lowest BCUT2D eigenvalue weighted by Gasteiger charge is -2.08. The van der Waals surface area contributed by atoms with Crippen molar-refractivity contribution in [3.05, 3.63) is 89.6 Å². The third-order valence-corrected chi connectivity index (χ3v) is 3.99. The molecule has 0 aliphatic rings. The minimum absolute atomic E-state index is 0.179. The summed E-state index contributed by atoms with van der Waals surface area (Å²) < 4.78 is 4.96. The molecule has 0 saturated heterocycles. The second kappa shape index (κ2) is 9.32. The molecule has 2 N–H and O–H groups in total. The van der Waals surface area contributed by atoms with Crippen LogP contribution in [0.15, 0.2) is 72.9 Å². The maximum Gasteiger partial charge on any atom is 0.338 e. The summed E-state index contributed by atoms with van der Waals surface area (Å²) in [4.78, 5) is 28.2. The van der Waals surface area contributed by atoms with E-state index in [2.05, 4.69) is 15.6 Å². The van der Waals surface area contributed by atoms with Crippen LogP contribution in [-0.2, 0) is 11.3 Å². The smallest absolute Gasteiger partial charge is 0.338 e. The Morgan fingerprint density at radius 3 is 2.29 bits per heavy atom. The van der Waals surface area contributed by atoms with E-state index < -0.39 is 0 Å². The Labute approximate surface area is 163 Å². The highest BCUT2D eigenvalue weighted by Crippen LogP contribution is 2.16. The van der Waals surface area contributed by atoms with E-state index in [9.17, 15) is 9.59 Å². The zero-order valence-electron chi connectivity index (χ0n) is 15.5. The Balaban J connectivity index is 1.56. The van der Waals surface area contributed by atoms with Gasteiger partial charge in [-0.2, -0.15) is 0 Å². The van der Waals surface area contributed by atoms with Gasteiger partial charge in [-0.25, -0.2) is 9.78 Å². The average molecular weight is 375 g/mol. The van der Waals surface area contributed by atoms with Crippen LogP contribution < -0.4 is 10.6 Å². The van der Waals surface area contributed by atoms with Gasteiger partial charge in [0.2, 0.25) is 0 Å². The molecule has 28 heavy (non-hydrogen) atoms. The van der Waals surface area contributed by atoms with Crippen LogP contribution in [0.5, 0.6) is 0 Å². The van der Waals surface area contributed by atoms with Gasteiger partial charge in [0.05, 0.1) is 17.7 Å². The standard InChI is InChI=1S/C22H21N3O3/c1-2-28-22(27)17-8-11-19(12-9-17)25-20-13-10-18(15-23-20)21(26)24-14-16-6-4-3-5-7-16/h3-13,15H,2,14H2,1H3,(H,23,25)(H,24,26). The number of carbonyl (C=O) groups is 2. The Kier molecular flexibility index (Phi) is 6.36. The van der Waals surface area contributed by atoms with Crippen molar-refractivity contribution in [1.29, 1.82) is 0 Å². The first kappa shape index (κ1) is 19.1. The predicted molar refractivity (Wildman–Crippen MR) is 108 cm³/mol. The van der Waals surface area contributed by atoms with Gasteiger partial charge in [-0.15, -0.1) is 0 Å². The molecule has 1 aromatic heterocycles. The monoisotopic (exact) mass is 375 g/mol. The highest BCUT2D eigenvalue weighted by molar-refractivity contribution is 5.94. The molecule has 0 bridgehead atoms. The second-order valence-electron chi connectivity index (χ2n) is 6.02. The van der Waals surface area contributed by atoms with Gasteiger partial charge >= 0.3 is 5.97 Å². The van der Waals surface area contributed by atoms with Gasteiger partial charge in [-0.1, -0.05) is 30.3 Å². The Hall–Kier alpha value is -3.67. The summed E-state index contributed by atoms with van der Waals surface area (Å²) in [6.07, 6.45) is 1.52. The molecule has 0 aliphatic heterocycles. The van der Waals surface area contributed by atoms with Gasteiger partial charge in [-0.3, -0.25) is 4.79 Å². The summed E-state index contributed by atoms with van der Waals surface area (Å²) in [6.45, 7) is 2.58. The average Bonchev–Trinajstić information content (AvgIpc) is 2.74. The SMILES string of the molecule is CCOC(=O)c1ccc(Nc2ccc(C(=O)NCc3ccccc3)cn2)cc1. The third-order valence-electron chi connectivity index (χ3n) is 3.99. The Bertz CT molecular complexity index is 924. The summed E-state index contributed by atoms with van der Waals surface area (Å²) in [6, 6.07) is 20.1. The van der Waals surface area contributed by atoms with E-state index in [0.717, 1.165) is 11.3 Å². The molecule has 0 aliphatic carbocycles. The van der Waals surface area contributed by atoms with Gasteiger partial charge in [0, 0.05) is 18.4 Å². The first-order valence-corrected chi connectivity index (χ1v) is 8.98. The van der Waals surface area contributed by atoms with E-state index >= 15 is 0 Å². The van der Waals surface area contributed by atoms with Crippen molar-refractivity contribution in [2.45, 2.75) is 13.5 Å². The van der Waals surface area contributed by atoms with Crippen molar-refractivity contribution in [3.8, 4) is 0 Å². The van der Waals surface area contributed by atoms with E-state index in [1.54, 1.807) is 43.3 Å². The molecule has 0 atom stereocenters. The molecular weight excluding hydrogens is 354 g/mol. The second-order valence-corrected chi connectivity index (χ2v) is 6.02. The molecule has 0 spiro atoms. The number of anilines is 2. The van der Waals surface area contributed by atoms with Crippen LogP contribution in [-0.4, -0.2) is 23.5 Å². The minimum atomic E-state index is -0.349. The number of nitrogens with zero attached hydrogens (tertiary/aromatic N) is 1. The number of ether oxygens (including phenoxy) is 1. The van der Waals surface area contributed by atoms with Crippen LogP contribution in [0.25, 0.3) is 0 Å². The fourth-order valence-corrected chi connectivity index (χ4v) is 2.53. The number of carbonyl (C=O) groups excluding carboxylic acids is 2. The number of hydrogen-bond donors (Lipinski definition) is 2. The number of pyridine rings is 1. The first-order chi connectivity index (χ1) is 13.7. The summed E-state index contributed by atoms with van der Waals surface area (Å²) in [7, 11) is 0. The molecule has 1 heterocycles. The number of benzene rings is 2. The number of esters is 1. The zero-order chi connectivity index (χ0) is 19.8. The van der Waals surface area contributed by atoms with E-state index in [0.29, 0.717) is 30.1 Å². The third kappa shape index (κ3) is 5.17. The number of hydrogen-bond acceptors (Lipinski definition) is 5. The topological polar surface area (TPSA) is 80.3 Å². The normalized spacial score (nSPS) is 10.2. The molecular formula is C22H21N3O3. The number of aromatic nitrogens is 1. The summed E-state index contributed by atoms with van der Waals surface area (Å²) in [5.74, 6) is 0.0724. The van der Waals surface area contributed by atoms with Crippen molar-refractivity contribution in [3.63, 3.8) is 0 Å². The van der Waals surface area contributed by atoms with Crippen molar-refractivity contribution in [2.75, 3.05) is 11.9 Å². The van der Waals surface area contributed by atoms with Gasteiger partial charge in [0.1, 0.15) is 5.82 Å². The molecule has 1 amide bonds. The van der Waals surface area contributed by atoms with Crippen LogP contribution in [0.1, 0.15) is 33.2 Å². The molecule has 0 fully saturated rings. The number of rotatable bonds is 7. The summed E-state index contributed by atoms with van der Waals surface area (Å²) in [5.41, 5.74) is 2.79. The highest BCUT2D eigenvalue weighted by atomic mass is 16.5. The molecule has 3 aromatic rings. The van der Waals surface area contributed by atoms with Gasteiger partial charge in [0.15, 0.2) is 0 Å². The number of nitrogens with one attached hydrogen (secondary N) is 2. The molecule has 6 heteroatoms. The fraction of sp³-hybridized carbons (Fsp3) is 0.136. The molecule has 0 saturated carbocycles. The van der Waals surface area contributed by atoms with E-state index in [1.807, 2.05) is 30.3 Å². The maximum atomic E-state index is 12.2. The highest BCUT2D eigenvalue weighted by Gasteiger charge is 2.08. The molecule has 2 aromatic carbocycles. The van der Waals surface area contributed by atoms with E-state index in [1.165, 1.54) is 6.20 Å². The van der Waals surface area contributed by atoms with Gasteiger partial charge < -0.3 is 15.4 Å². The molecule has 0 radical (unpaired) electrons.